The van der Waals surface area contributed by atoms with Gasteiger partial charge < -0.3 is 4.98 Å². The number of allylic oxidation sites excluding steroid dienone is 1. The second kappa shape index (κ2) is 7.60. The van der Waals surface area contributed by atoms with Crippen molar-refractivity contribution in [1.29, 1.82) is 0 Å². The fourth-order valence-corrected chi connectivity index (χ4v) is 4.64. The molecule has 0 amide bonds. The van der Waals surface area contributed by atoms with Gasteiger partial charge in [-0.05, 0) is 33.6 Å². The van der Waals surface area contributed by atoms with Gasteiger partial charge in [-0.1, -0.05) is 11.6 Å². The van der Waals surface area contributed by atoms with Crippen molar-refractivity contribution in [3.63, 3.8) is 0 Å². The van der Waals surface area contributed by atoms with E-state index in [4.69, 9.17) is 4.98 Å². The summed E-state index contributed by atoms with van der Waals surface area (Å²) in [5.74, 6) is 0. The molecule has 1 saturated heterocycles. The van der Waals surface area contributed by atoms with Crippen molar-refractivity contribution in [2.45, 2.75) is 58.7 Å². The summed E-state index contributed by atoms with van der Waals surface area (Å²) >= 11 is 0. The van der Waals surface area contributed by atoms with Crippen LogP contribution in [-0.2, 0) is 25.0 Å². The molecule has 6 heteroatoms. The van der Waals surface area contributed by atoms with Crippen LogP contribution < -0.4 is 0 Å². The molecule has 0 bridgehead atoms. The molecule has 0 saturated carbocycles. The third-order valence-corrected chi connectivity index (χ3v) is 6.22. The highest BCUT2D eigenvalue weighted by atomic mass is 15.3. The number of nitrogens with one attached hydrogen (secondary N) is 1. The van der Waals surface area contributed by atoms with E-state index in [0.717, 1.165) is 58.5 Å². The van der Waals surface area contributed by atoms with E-state index in [0.29, 0.717) is 0 Å². The van der Waals surface area contributed by atoms with Crippen molar-refractivity contribution >= 4 is 0 Å². The normalized spacial score (nSPS) is 20.0. The van der Waals surface area contributed by atoms with E-state index in [-0.39, 0.29) is 5.54 Å². The molecule has 0 radical (unpaired) electrons. The predicted molar refractivity (Wildman–Crippen MR) is 107 cm³/mol. The standard InChI is InChI=1S/C21H32N6/c1-4-27-15-18(13-24-27)14-25-11-7-21(8-12-25)20-19(22-16-23-20)6-10-26(21)9-5-17(2)3/h5,13,15-16H,4,6-12,14H2,1-3H3,(H,22,23). The van der Waals surface area contributed by atoms with Gasteiger partial charge in [-0.2, -0.15) is 5.10 Å². The summed E-state index contributed by atoms with van der Waals surface area (Å²) < 4.78 is 2.01. The third-order valence-electron chi connectivity index (χ3n) is 6.22. The van der Waals surface area contributed by atoms with E-state index in [1.165, 1.54) is 22.5 Å². The zero-order valence-corrected chi connectivity index (χ0v) is 16.9. The van der Waals surface area contributed by atoms with Crippen LogP contribution in [0.25, 0.3) is 0 Å². The monoisotopic (exact) mass is 368 g/mol. The predicted octanol–water partition coefficient (Wildman–Crippen LogP) is 2.94. The van der Waals surface area contributed by atoms with Gasteiger partial charge in [0.1, 0.15) is 0 Å². The lowest BCUT2D eigenvalue weighted by atomic mass is 9.78. The summed E-state index contributed by atoms with van der Waals surface area (Å²) in [6, 6.07) is 0. The first-order chi connectivity index (χ1) is 13.1. The number of H-pyrrole nitrogens is 1. The minimum absolute atomic E-state index is 0.0869. The van der Waals surface area contributed by atoms with E-state index < -0.39 is 0 Å². The topological polar surface area (TPSA) is 53.0 Å². The van der Waals surface area contributed by atoms with Crippen LogP contribution in [0, 0.1) is 0 Å². The Labute approximate surface area is 162 Å². The fourth-order valence-electron chi connectivity index (χ4n) is 4.64. The van der Waals surface area contributed by atoms with E-state index in [1.54, 1.807) is 0 Å². The first kappa shape index (κ1) is 18.4. The number of likely N-dealkylation sites (tertiary alicyclic amines) is 1. The molecule has 0 aliphatic carbocycles. The van der Waals surface area contributed by atoms with Crippen LogP contribution in [0.1, 0.15) is 50.6 Å². The zero-order chi connectivity index (χ0) is 18.9. The Morgan fingerprint density at radius 3 is 2.78 bits per heavy atom. The maximum atomic E-state index is 4.78. The van der Waals surface area contributed by atoms with E-state index in [2.05, 4.69) is 52.9 Å². The molecule has 2 aliphatic rings. The molecule has 146 valence electrons. The summed E-state index contributed by atoms with van der Waals surface area (Å²) in [4.78, 5) is 13.4. The summed E-state index contributed by atoms with van der Waals surface area (Å²) in [6.07, 6.45) is 11.8. The average Bonchev–Trinajstić information content (AvgIpc) is 3.32. The second-order valence-corrected chi connectivity index (χ2v) is 8.22. The van der Waals surface area contributed by atoms with Crippen molar-refractivity contribution in [3.05, 3.63) is 47.3 Å². The molecule has 1 spiro atoms. The molecule has 27 heavy (non-hydrogen) atoms. The van der Waals surface area contributed by atoms with Crippen LogP contribution in [0.4, 0.5) is 0 Å². The summed E-state index contributed by atoms with van der Waals surface area (Å²) in [6.45, 7) is 12.8. The minimum Gasteiger partial charge on any atom is -0.348 e. The number of aryl methyl sites for hydroxylation is 1. The molecule has 0 atom stereocenters. The molecule has 2 aromatic heterocycles. The first-order valence-corrected chi connectivity index (χ1v) is 10.3. The molecule has 6 nitrogen and oxygen atoms in total. The fraction of sp³-hybridized carbons (Fsp3) is 0.619. The molecule has 1 N–H and O–H groups in total. The smallest absolute Gasteiger partial charge is 0.0926 e. The number of hydrogen-bond donors (Lipinski definition) is 1. The maximum Gasteiger partial charge on any atom is 0.0926 e. The Kier molecular flexibility index (Phi) is 5.19. The quantitative estimate of drug-likeness (QED) is 0.825. The first-order valence-electron chi connectivity index (χ1n) is 10.3. The SMILES string of the molecule is CCn1cc(CN2CCC3(CC2)c2nc[nH]c2CCN3CC=C(C)C)cn1. The van der Waals surface area contributed by atoms with Gasteiger partial charge in [0.05, 0.1) is 23.8 Å². The van der Waals surface area contributed by atoms with Crippen molar-refractivity contribution in [2.75, 3.05) is 26.2 Å². The highest BCUT2D eigenvalue weighted by Gasteiger charge is 2.46. The number of rotatable bonds is 5. The van der Waals surface area contributed by atoms with Crippen LogP contribution in [0.5, 0.6) is 0 Å². The number of piperidine rings is 1. The number of nitrogens with zero attached hydrogens (tertiary/aromatic N) is 5. The van der Waals surface area contributed by atoms with Crippen molar-refractivity contribution in [3.8, 4) is 0 Å². The lowest BCUT2D eigenvalue weighted by Crippen LogP contribution is -2.56. The van der Waals surface area contributed by atoms with E-state index in [9.17, 15) is 0 Å². The molecule has 0 aromatic carbocycles. The zero-order valence-electron chi connectivity index (χ0n) is 16.9. The highest BCUT2D eigenvalue weighted by Crippen LogP contribution is 2.42. The molecular formula is C21H32N6. The molecule has 2 aromatic rings. The summed E-state index contributed by atoms with van der Waals surface area (Å²) in [5, 5.41) is 4.42. The Morgan fingerprint density at radius 1 is 1.26 bits per heavy atom. The van der Waals surface area contributed by atoms with Gasteiger partial charge in [-0.25, -0.2) is 4.98 Å². The number of fused-ring (bicyclic) bond motifs is 2. The van der Waals surface area contributed by atoms with E-state index >= 15 is 0 Å². The summed E-state index contributed by atoms with van der Waals surface area (Å²) in [5.41, 5.74) is 5.45. The largest absolute Gasteiger partial charge is 0.348 e. The highest BCUT2D eigenvalue weighted by molar-refractivity contribution is 5.27. The van der Waals surface area contributed by atoms with Crippen LogP contribution in [0.3, 0.4) is 0 Å². The summed E-state index contributed by atoms with van der Waals surface area (Å²) in [7, 11) is 0. The van der Waals surface area contributed by atoms with Gasteiger partial charge in [0.25, 0.3) is 0 Å². The van der Waals surface area contributed by atoms with Crippen molar-refractivity contribution in [2.24, 2.45) is 0 Å². The second-order valence-electron chi connectivity index (χ2n) is 8.22. The number of aromatic amines is 1. The van der Waals surface area contributed by atoms with Gasteiger partial charge in [-0.3, -0.25) is 14.5 Å². The Hall–Kier alpha value is -1.92. The van der Waals surface area contributed by atoms with Crippen LogP contribution in [-0.4, -0.2) is 55.7 Å². The average molecular weight is 369 g/mol. The van der Waals surface area contributed by atoms with Crippen molar-refractivity contribution in [1.82, 2.24) is 29.5 Å². The lowest BCUT2D eigenvalue weighted by Gasteiger charge is -2.50. The Balaban J connectivity index is 1.50. The van der Waals surface area contributed by atoms with Gasteiger partial charge in [0.15, 0.2) is 0 Å². The van der Waals surface area contributed by atoms with Crippen LogP contribution >= 0.6 is 0 Å². The number of imidazole rings is 1. The maximum absolute atomic E-state index is 4.78. The minimum atomic E-state index is 0.0869. The molecular weight excluding hydrogens is 336 g/mol. The Bertz CT molecular complexity index is 789. The molecule has 0 unspecified atom stereocenters. The molecule has 2 aliphatic heterocycles. The molecule has 1 fully saturated rings. The van der Waals surface area contributed by atoms with Gasteiger partial charge in [0, 0.05) is 63.1 Å². The molecule has 4 rings (SSSR count). The van der Waals surface area contributed by atoms with Crippen LogP contribution in [0.15, 0.2) is 30.4 Å². The van der Waals surface area contributed by atoms with Crippen LogP contribution in [0.2, 0.25) is 0 Å². The van der Waals surface area contributed by atoms with Gasteiger partial charge >= 0.3 is 0 Å². The Morgan fingerprint density at radius 2 is 2.07 bits per heavy atom. The molecule has 4 heterocycles. The van der Waals surface area contributed by atoms with Gasteiger partial charge in [0.2, 0.25) is 0 Å². The van der Waals surface area contributed by atoms with E-state index in [1.807, 2.05) is 17.2 Å². The third kappa shape index (κ3) is 3.60. The number of aromatic nitrogens is 4. The number of hydrogen-bond acceptors (Lipinski definition) is 4. The van der Waals surface area contributed by atoms with Crippen molar-refractivity contribution < 1.29 is 0 Å². The lowest BCUT2D eigenvalue weighted by molar-refractivity contribution is 0.0114. The van der Waals surface area contributed by atoms with Gasteiger partial charge in [-0.15, -0.1) is 0 Å².